The molecular formula is C9H12O3. The molecule has 0 spiro atoms. The van der Waals surface area contributed by atoms with Crippen LogP contribution in [0.2, 0.25) is 0 Å². The summed E-state index contributed by atoms with van der Waals surface area (Å²) in [5.41, 5.74) is -1.18. The Hall–Kier alpha value is -1.22. The maximum atomic E-state index is 9.70. The van der Waals surface area contributed by atoms with Gasteiger partial charge in [-0.05, 0) is 12.5 Å². The number of aliphatic hydroxyl groups excluding tert-OH is 2. The summed E-state index contributed by atoms with van der Waals surface area (Å²) in [5.74, 6) is -0.123. The summed E-state index contributed by atoms with van der Waals surface area (Å²) < 4.78 is 0. The Morgan fingerprint density at radius 1 is 1.58 bits per heavy atom. The van der Waals surface area contributed by atoms with E-state index in [4.69, 9.17) is 10.2 Å². The molecule has 1 rings (SSSR count). The fraction of sp³-hybridized carbons (Fsp3) is 0.333. The van der Waals surface area contributed by atoms with E-state index in [0.717, 1.165) is 0 Å². The SMILES string of the molecule is C=CCC1(O)C=C(O)C=C(O)C1. The summed E-state index contributed by atoms with van der Waals surface area (Å²) in [4.78, 5) is 0. The third-order valence-electron chi connectivity index (χ3n) is 1.72. The van der Waals surface area contributed by atoms with Crippen molar-refractivity contribution < 1.29 is 15.3 Å². The van der Waals surface area contributed by atoms with E-state index in [2.05, 4.69) is 6.58 Å². The Bertz CT molecular complexity index is 252. The van der Waals surface area contributed by atoms with Crippen molar-refractivity contribution in [1.29, 1.82) is 0 Å². The first-order valence-electron chi connectivity index (χ1n) is 3.70. The average molecular weight is 168 g/mol. The van der Waals surface area contributed by atoms with Crippen molar-refractivity contribution in [1.82, 2.24) is 0 Å². The first kappa shape index (κ1) is 8.87. The summed E-state index contributed by atoms with van der Waals surface area (Å²) in [6.07, 6.45) is 4.52. The zero-order valence-electron chi connectivity index (χ0n) is 6.70. The van der Waals surface area contributed by atoms with Gasteiger partial charge in [-0.1, -0.05) is 6.08 Å². The van der Waals surface area contributed by atoms with Gasteiger partial charge in [-0.15, -0.1) is 6.58 Å². The summed E-state index contributed by atoms with van der Waals surface area (Å²) in [6.45, 7) is 3.48. The van der Waals surface area contributed by atoms with E-state index in [1.807, 2.05) is 0 Å². The van der Waals surface area contributed by atoms with Gasteiger partial charge in [-0.2, -0.15) is 0 Å². The Balaban J connectivity index is 2.84. The first-order valence-corrected chi connectivity index (χ1v) is 3.70. The molecule has 0 saturated carbocycles. The van der Waals surface area contributed by atoms with Gasteiger partial charge in [0.2, 0.25) is 0 Å². The molecule has 1 atom stereocenters. The normalized spacial score (nSPS) is 29.1. The minimum atomic E-state index is -1.18. The van der Waals surface area contributed by atoms with Crippen molar-refractivity contribution in [2.45, 2.75) is 18.4 Å². The van der Waals surface area contributed by atoms with Crippen LogP contribution in [0.1, 0.15) is 12.8 Å². The van der Waals surface area contributed by atoms with Crippen molar-refractivity contribution in [3.05, 3.63) is 36.3 Å². The van der Waals surface area contributed by atoms with E-state index in [-0.39, 0.29) is 17.9 Å². The molecule has 12 heavy (non-hydrogen) atoms. The zero-order valence-corrected chi connectivity index (χ0v) is 6.70. The number of allylic oxidation sites excluding steroid dienone is 1. The lowest BCUT2D eigenvalue weighted by molar-refractivity contribution is 0.0754. The fourth-order valence-corrected chi connectivity index (χ4v) is 1.28. The molecule has 0 saturated heterocycles. The van der Waals surface area contributed by atoms with E-state index < -0.39 is 5.60 Å². The highest BCUT2D eigenvalue weighted by molar-refractivity contribution is 5.26. The first-order chi connectivity index (χ1) is 5.56. The van der Waals surface area contributed by atoms with Crippen LogP contribution in [-0.2, 0) is 0 Å². The summed E-state index contributed by atoms with van der Waals surface area (Å²) >= 11 is 0. The predicted molar refractivity (Wildman–Crippen MR) is 45.8 cm³/mol. The van der Waals surface area contributed by atoms with Crippen LogP contribution in [0.4, 0.5) is 0 Å². The molecular weight excluding hydrogens is 156 g/mol. The molecule has 0 aliphatic heterocycles. The highest BCUT2D eigenvalue weighted by atomic mass is 16.3. The van der Waals surface area contributed by atoms with Gasteiger partial charge in [0, 0.05) is 12.5 Å². The van der Waals surface area contributed by atoms with Crippen molar-refractivity contribution in [3.8, 4) is 0 Å². The molecule has 0 amide bonds. The van der Waals surface area contributed by atoms with Crippen LogP contribution in [0.15, 0.2) is 36.3 Å². The second-order valence-corrected chi connectivity index (χ2v) is 2.98. The number of rotatable bonds is 2. The maximum absolute atomic E-state index is 9.70. The summed E-state index contributed by atoms with van der Waals surface area (Å²) in [5, 5.41) is 27.9. The quantitative estimate of drug-likeness (QED) is 0.548. The Kier molecular flexibility index (Phi) is 2.24. The van der Waals surface area contributed by atoms with Crippen LogP contribution in [0.3, 0.4) is 0 Å². The molecule has 0 aromatic heterocycles. The van der Waals surface area contributed by atoms with Crippen LogP contribution in [0, 0.1) is 0 Å². The Morgan fingerprint density at radius 3 is 2.75 bits per heavy atom. The van der Waals surface area contributed by atoms with E-state index >= 15 is 0 Å². The van der Waals surface area contributed by atoms with Crippen LogP contribution in [-0.4, -0.2) is 20.9 Å². The van der Waals surface area contributed by atoms with Gasteiger partial charge in [0.1, 0.15) is 5.76 Å². The third kappa shape index (κ3) is 1.89. The van der Waals surface area contributed by atoms with E-state index in [1.165, 1.54) is 12.2 Å². The number of hydrogen-bond acceptors (Lipinski definition) is 3. The predicted octanol–water partition coefficient (Wildman–Crippen LogP) is 1.58. The molecule has 0 aromatic rings. The molecule has 0 bridgehead atoms. The van der Waals surface area contributed by atoms with Gasteiger partial charge in [-0.25, -0.2) is 0 Å². The Labute approximate surface area is 71.0 Å². The summed E-state index contributed by atoms with van der Waals surface area (Å²) in [6, 6.07) is 0. The highest BCUT2D eigenvalue weighted by Crippen LogP contribution is 2.27. The fourth-order valence-electron chi connectivity index (χ4n) is 1.28. The molecule has 0 heterocycles. The monoisotopic (exact) mass is 168 g/mol. The molecule has 3 N–H and O–H groups in total. The molecule has 66 valence electrons. The largest absolute Gasteiger partial charge is 0.512 e. The topological polar surface area (TPSA) is 60.7 Å². The van der Waals surface area contributed by atoms with Crippen molar-refractivity contribution >= 4 is 0 Å². The summed E-state index contributed by atoms with van der Waals surface area (Å²) in [7, 11) is 0. The van der Waals surface area contributed by atoms with Gasteiger partial charge >= 0.3 is 0 Å². The minimum Gasteiger partial charge on any atom is -0.512 e. The average Bonchev–Trinajstić information content (AvgIpc) is 1.82. The van der Waals surface area contributed by atoms with Gasteiger partial charge in [-0.3, -0.25) is 0 Å². The minimum absolute atomic E-state index is 0.0145. The standard InChI is InChI=1S/C9H12O3/c1-2-3-9(12)5-7(10)4-8(11)6-9/h2,4-5,10-12H,1,3,6H2. The lowest BCUT2D eigenvalue weighted by Gasteiger charge is -2.25. The molecule has 1 aliphatic rings. The third-order valence-corrected chi connectivity index (χ3v) is 1.72. The van der Waals surface area contributed by atoms with Gasteiger partial charge < -0.3 is 15.3 Å². The Morgan fingerprint density at radius 2 is 2.25 bits per heavy atom. The van der Waals surface area contributed by atoms with Gasteiger partial charge in [0.05, 0.1) is 11.4 Å². The van der Waals surface area contributed by atoms with E-state index in [9.17, 15) is 5.11 Å². The van der Waals surface area contributed by atoms with Crippen molar-refractivity contribution in [2.75, 3.05) is 0 Å². The second-order valence-electron chi connectivity index (χ2n) is 2.98. The van der Waals surface area contributed by atoms with Crippen molar-refractivity contribution in [2.24, 2.45) is 0 Å². The van der Waals surface area contributed by atoms with Crippen LogP contribution >= 0.6 is 0 Å². The van der Waals surface area contributed by atoms with E-state index in [1.54, 1.807) is 6.08 Å². The zero-order chi connectivity index (χ0) is 9.19. The molecule has 3 heteroatoms. The van der Waals surface area contributed by atoms with Crippen LogP contribution in [0.5, 0.6) is 0 Å². The molecule has 1 aliphatic carbocycles. The van der Waals surface area contributed by atoms with E-state index in [0.29, 0.717) is 6.42 Å². The van der Waals surface area contributed by atoms with Crippen molar-refractivity contribution in [3.63, 3.8) is 0 Å². The van der Waals surface area contributed by atoms with Crippen LogP contribution in [0.25, 0.3) is 0 Å². The lowest BCUT2D eigenvalue weighted by Crippen LogP contribution is -2.28. The molecule has 3 nitrogen and oxygen atoms in total. The number of hydrogen-bond donors (Lipinski definition) is 3. The molecule has 0 radical (unpaired) electrons. The second kappa shape index (κ2) is 3.03. The highest BCUT2D eigenvalue weighted by Gasteiger charge is 2.28. The lowest BCUT2D eigenvalue weighted by atomic mass is 9.90. The molecule has 1 unspecified atom stereocenters. The molecule has 0 fully saturated rings. The molecule has 0 aromatic carbocycles. The maximum Gasteiger partial charge on any atom is 0.117 e. The van der Waals surface area contributed by atoms with Gasteiger partial charge in [0.15, 0.2) is 0 Å². The smallest absolute Gasteiger partial charge is 0.117 e. The van der Waals surface area contributed by atoms with Gasteiger partial charge in [0.25, 0.3) is 0 Å². The van der Waals surface area contributed by atoms with Crippen LogP contribution < -0.4 is 0 Å². The number of aliphatic hydroxyl groups is 3.